The van der Waals surface area contributed by atoms with Crippen LogP contribution < -0.4 is 19.6 Å². The van der Waals surface area contributed by atoms with Gasteiger partial charge in [-0.3, -0.25) is 4.79 Å². The molecule has 0 spiro atoms. The maximum atomic E-state index is 12.3. The van der Waals surface area contributed by atoms with Crippen LogP contribution in [-0.4, -0.2) is 31.8 Å². The fourth-order valence-electron chi connectivity index (χ4n) is 2.69. The molecular formula is C25H24N2O5. The molecule has 0 heterocycles. The largest absolute Gasteiger partial charge is 0.493 e. The monoisotopic (exact) mass is 432 g/mol. The van der Waals surface area contributed by atoms with Gasteiger partial charge in [0.05, 0.1) is 18.9 Å². The molecule has 1 amide bonds. The van der Waals surface area contributed by atoms with Crippen LogP contribution in [-0.2, 0) is 4.79 Å². The van der Waals surface area contributed by atoms with Crippen LogP contribution in [0.2, 0.25) is 0 Å². The summed E-state index contributed by atoms with van der Waals surface area (Å²) in [5, 5.41) is 3.92. The maximum Gasteiger partial charge on any atom is 0.343 e. The molecule has 7 nitrogen and oxygen atoms in total. The van der Waals surface area contributed by atoms with Crippen LogP contribution in [0.3, 0.4) is 0 Å². The number of ether oxygens (including phenoxy) is 3. The Bertz CT molecular complexity index is 1110. The van der Waals surface area contributed by atoms with E-state index < -0.39 is 11.9 Å². The average molecular weight is 432 g/mol. The Balaban J connectivity index is 1.55. The van der Waals surface area contributed by atoms with Gasteiger partial charge in [-0.2, -0.15) is 5.10 Å². The van der Waals surface area contributed by atoms with Crippen molar-refractivity contribution < 1.29 is 23.8 Å². The van der Waals surface area contributed by atoms with Crippen LogP contribution in [0.25, 0.3) is 0 Å². The standard InChI is InChI=1S/C25H24N2O5/c1-17-4-9-20(10-5-17)25(29)32-22-13-8-19(14-23(22)30-3)15-26-27-24(28)16-31-21-11-6-18(2)7-12-21/h4-15H,16H2,1-3H3,(H,27,28). The van der Waals surface area contributed by atoms with Gasteiger partial charge in [0.15, 0.2) is 18.1 Å². The Morgan fingerprint density at radius 3 is 2.22 bits per heavy atom. The molecule has 0 atom stereocenters. The number of hydrogen-bond acceptors (Lipinski definition) is 6. The predicted molar refractivity (Wildman–Crippen MR) is 122 cm³/mol. The zero-order chi connectivity index (χ0) is 22.9. The van der Waals surface area contributed by atoms with Crippen molar-refractivity contribution in [2.45, 2.75) is 13.8 Å². The number of nitrogens with zero attached hydrogens (tertiary/aromatic N) is 1. The number of carbonyl (C=O) groups excluding carboxylic acids is 2. The van der Waals surface area contributed by atoms with Crippen LogP contribution in [0.4, 0.5) is 0 Å². The Morgan fingerprint density at radius 1 is 0.906 bits per heavy atom. The second-order valence-corrected chi connectivity index (χ2v) is 7.06. The summed E-state index contributed by atoms with van der Waals surface area (Å²) in [5.74, 6) is 0.382. The van der Waals surface area contributed by atoms with E-state index in [0.717, 1.165) is 11.1 Å². The van der Waals surface area contributed by atoms with Gasteiger partial charge in [0.1, 0.15) is 5.75 Å². The van der Waals surface area contributed by atoms with Crippen molar-refractivity contribution in [3.63, 3.8) is 0 Å². The van der Waals surface area contributed by atoms with E-state index in [1.807, 2.05) is 38.1 Å². The number of amides is 1. The molecule has 0 fully saturated rings. The molecule has 7 heteroatoms. The highest BCUT2D eigenvalue weighted by Crippen LogP contribution is 2.28. The molecule has 0 aromatic heterocycles. The van der Waals surface area contributed by atoms with Gasteiger partial charge >= 0.3 is 5.97 Å². The first kappa shape index (κ1) is 22.6. The van der Waals surface area contributed by atoms with E-state index in [2.05, 4.69) is 10.5 Å². The van der Waals surface area contributed by atoms with Gasteiger partial charge in [-0.15, -0.1) is 0 Å². The number of methoxy groups -OCH3 is 1. The topological polar surface area (TPSA) is 86.2 Å². The lowest BCUT2D eigenvalue weighted by molar-refractivity contribution is -0.123. The summed E-state index contributed by atoms with van der Waals surface area (Å²) in [7, 11) is 1.48. The number of nitrogens with one attached hydrogen (secondary N) is 1. The van der Waals surface area contributed by atoms with Crippen molar-refractivity contribution in [1.82, 2.24) is 5.43 Å². The van der Waals surface area contributed by atoms with Crippen LogP contribution in [0.1, 0.15) is 27.0 Å². The van der Waals surface area contributed by atoms with E-state index in [0.29, 0.717) is 22.6 Å². The minimum atomic E-state index is -0.481. The van der Waals surface area contributed by atoms with Crippen molar-refractivity contribution in [2.75, 3.05) is 13.7 Å². The van der Waals surface area contributed by atoms with E-state index >= 15 is 0 Å². The van der Waals surface area contributed by atoms with E-state index in [1.54, 1.807) is 42.5 Å². The lowest BCUT2D eigenvalue weighted by atomic mass is 10.1. The molecule has 1 N–H and O–H groups in total. The molecule has 0 saturated heterocycles. The highest BCUT2D eigenvalue weighted by atomic mass is 16.6. The minimum Gasteiger partial charge on any atom is -0.493 e. The molecule has 0 saturated carbocycles. The number of esters is 1. The second kappa shape index (κ2) is 10.8. The second-order valence-electron chi connectivity index (χ2n) is 7.06. The third-order valence-corrected chi connectivity index (χ3v) is 4.47. The van der Waals surface area contributed by atoms with Crippen molar-refractivity contribution in [2.24, 2.45) is 5.10 Å². The highest BCUT2D eigenvalue weighted by molar-refractivity contribution is 5.91. The Morgan fingerprint density at radius 2 is 1.56 bits per heavy atom. The summed E-state index contributed by atoms with van der Waals surface area (Å²) in [5.41, 5.74) is 5.66. The summed E-state index contributed by atoms with van der Waals surface area (Å²) in [6.07, 6.45) is 1.46. The van der Waals surface area contributed by atoms with Crippen molar-refractivity contribution in [3.8, 4) is 17.2 Å². The number of hydrazone groups is 1. The molecule has 0 aliphatic rings. The zero-order valence-electron chi connectivity index (χ0n) is 18.1. The quantitative estimate of drug-likeness (QED) is 0.251. The maximum absolute atomic E-state index is 12.3. The fourth-order valence-corrected chi connectivity index (χ4v) is 2.69. The first-order chi connectivity index (χ1) is 15.4. The third-order valence-electron chi connectivity index (χ3n) is 4.47. The van der Waals surface area contributed by atoms with Gasteiger partial charge in [0, 0.05) is 0 Å². The highest BCUT2D eigenvalue weighted by Gasteiger charge is 2.12. The summed E-state index contributed by atoms with van der Waals surface area (Å²) in [4.78, 5) is 24.2. The summed E-state index contributed by atoms with van der Waals surface area (Å²) < 4.78 is 16.2. The molecule has 0 radical (unpaired) electrons. The number of hydrogen-bond donors (Lipinski definition) is 1. The van der Waals surface area contributed by atoms with Gasteiger partial charge in [-0.1, -0.05) is 35.4 Å². The van der Waals surface area contributed by atoms with Crippen molar-refractivity contribution in [1.29, 1.82) is 0 Å². The molecule has 0 aliphatic carbocycles. The van der Waals surface area contributed by atoms with Crippen LogP contribution >= 0.6 is 0 Å². The van der Waals surface area contributed by atoms with Gasteiger partial charge in [0.25, 0.3) is 5.91 Å². The lowest BCUT2D eigenvalue weighted by Gasteiger charge is -2.10. The molecular weight excluding hydrogens is 408 g/mol. The molecule has 32 heavy (non-hydrogen) atoms. The number of rotatable bonds is 8. The number of carbonyl (C=O) groups is 2. The molecule has 3 rings (SSSR count). The zero-order valence-corrected chi connectivity index (χ0v) is 18.1. The first-order valence-corrected chi connectivity index (χ1v) is 9.93. The molecule has 3 aromatic carbocycles. The minimum absolute atomic E-state index is 0.155. The Labute approximate surface area is 186 Å². The van der Waals surface area contributed by atoms with Gasteiger partial charge in [-0.25, -0.2) is 10.2 Å². The number of benzene rings is 3. The Kier molecular flexibility index (Phi) is 7.59. The van der Waals surface area contributed by atoms with Gasteiger partial charge in [-0.05, 0) is 61.9 Å². The summed E-state index contributed by atoms with van der Waals surface area (Å²) in [6, 6.07) is 19.4. The van der Waals surface area contributed by atoms with Crippen LogP contribution in [0, 0.1) is 13.8 Å². The molecule has 0 unspecified atom stereocenters. The van der Waals surface area contributed by atoms with Crippen molar-refractivity contribution >= 4 is 18.1 Å². The van der Waals surface area contributed by atoms with E-state index in [1.165, 1.54) is 13.3 Å². The SMILES string of the molecule is COc1cc(C=NNC(=O)COc2ccc(C)cc2)ccc1OC(=O)c1ccc(C)cc1. The lowest BCUT2D eigenvalue weighted by Crippen LogP contribution is -2.24. The predicted octanol–water partition coefficient (Wildman–Crippen LogP) is 4.06. The Hall–Kier alpha value is -4.13. The van der Waals surface area contributed by atoms with E-state index in [9.17, 15) is 9.59 Å². The normalized spacial score (nSPS) is 10.6. The van der Waals surface area contributed by atoms with Crippen LogP contribution in [0.15, 0.2) is 71.8 Å². The van der Waals surface area contributed by atoms with E-state index in [4.69, 9.17) is 14.2 Å². The summed E-state index contributed by atoms with van der Waals surface area (Å²) in [6.45, 7) is 3.76. The number of aryl methyl sites for hydroxylation is 2. The first-order valence-electron chi connectivity index (χ1n) is 9.93. The average Bonchev–Trinajstić information content (AvgIpc) is 2.80. The van der Waals surface area contributed by atoms with Crippen LogP contribution in [0.5, 0.6) is 17.2 Å². The van der Waals surface area contributed by atoms with E-state index in [-0.39, 0.29) is 12.4 Å². The van der Waals surface area contributed by atoms with Gasteiger partial charge in [0.2, 0.25) is 0 Å². The smallest absolute Gasteiger partial charge is 0.343 e. The molecule has 164 valence electrons. The fraction of sp³-hybridized carbons (Fsp3) is 0.160. The van der Waals surface area contributed by atoms with Gasteiger partial charge < -0.3 is 14.2 Å². The summed E-state index contributed by atoms with van der Waals surface area (Å²) >= 11 is 0. The molecule has 0 bridgehead atoms. The molecule has 0 aliphatic heterocycles. The van der Waals surface area contributed by atoms with Crippen molar-refractivity contribution in [3.05, 3.63) is 89.0 Å². The molecule has 3 aromatic rings. The third kappa shape index (κ3) is 6.43.